The molecule has 7 rings (SSSR count). The zero-order valence-electron chi connectivity index (χ0n) is 22.0. The van der Waals surface area contributed by atoms with E-state index in [-0.39, 0.29) is 0 Å². The first-order chi connectivity index (χ1) is 20.3. The lowest BCUT2D eigenvalue weighted by atomic mass is 10.0. The van der Waals surface area contributed by atoms with Gasteiger partial charge in [-0.1, -0.05) is 60.7 Å². The maximum atomic E-state index is 5.04. The molecule has 0 aliphatic carbocycles. The van der Waals surface area contributed by atoms with Crippen molar-refractivity contribution in [2.24, 2.45) is 0 Å². The van der Waals surface area contributed by atoms with Crippen molar-refractivity contribution in [2.75, 3.05) is 0 Å². The molecule has 0 spiro atoms. The summed E-state index contributed by atoms with van der Waals surface area (Å²) in [5.74, 6) is 1.44. The standard InChI is InChI=1S/C35H24N6/c1-5-31(6-2-25(1)28-13-19-36-20-14-28)34-39-35(32-7-3-26(4-8-32)29-15-21-37-22-16-29)41(40-34)33-11-9-27(10-12-33)30-17-23-38-24-18-30/h1-24H. The number of nitrogens with zero attached hydrogens (tertiary/aromatic N) is 6. The average molecular weight is 529 g/mol. The monoisotopic (exact) mass is 528 g/mol. The molecular weight excluding hydrogens is 504 g/mol. The van der Waals surface area contributed by atoms with Gasteiger partial charge in [0.1, 0.15) is 0 Å². The largest absolute Gasteiger partial charge is 0.265 e. The number of pyridine rings is 3. The summed E-state index contributed by atoms with van der Waals surface area (Å²) in [6, 6.07) is 37.1. The highest BCUT2D eigenvalue weighted by Crippen LogP contribution is 2.30. The van der Waals surface area contributed by atoms with Crippen molar-refractivity contribution in [1.29, 1.82) is 0 Å². The highest BCUT2D eigenvalue weighted by Gasteiger charge is 2.16. The number of aromatic nitrogens is 6. The maximum Gasteiger partial charge on any atom is 0.182 e. The van der Waals surface area contributed by atoms with Crippen LogP contribution in [0.2, 0.25) is 0 Å². The van der Waals surface area contributed by atoms with Gasteiger partial charge in [-0.2, -0.15) is 0 Å². The fourth-order valence-corrected chi connectivity index (χ4v) is 4.85. The van der Waals surface area contributed by atoms with Crippen LogP contribution in [0.5, 0.6) is 0 Å². The van der Waals surface area contributed by atoms with Crippen molar-refractivity contribution >= 4 is 0 Å². The molecule has 0 atom stereocenters. The van der Waals surface area contributed by atoms with Crippen LogP contribution in [0.1, 0.15) is 0 Å². The lowest BCUT2D eigenvalue weighted by Crippen LogP contribution is -1.99. The van der Waals surface area contributed by atoms with Crippen molar-refractivity contribution in [3.8, 4) is 61.8 Å². The van der Waals surface area contributed by atoms with Gasteiger partial charge in [-0.05, 0) is 81.9 Å². The van der Waals surface area contributed by atoms with Gasteiger partial charge >= 0.3 is 0 Å². The molecule has 6 nitrogen and oxygen atoms in total. The third-order valence-corrected chi connectivity index (χ3v) is 7.05. The van der Waals surface area contributed by atoms with Crippen molar-refractivity contribution in [3.05, 3.63) is 146 Å². The van der Waals surface area contributed by atoms with E-state index in [1.165, 1.54) is 0 Å². The van der Waals surface area contributed by atoms with Crippen molar-refractivity contribution in [3.63, 3.8) is 0 Å². The highest BCUT2D eigenvalue weighted by molar-refractivity contribution is 5.72. The minimum Gasteiger partial charge on any atom is -0.265 e. The maximum absolute atomic E-state index is 5.04. The summed E-state index contributed by atoms with van der Waals surface area (Å²) in [5, 5.41) is 4.99. The second-order valence-electron chi connectivity index (χ2n) is 9.58. The first-order valence-corrected chi connectivity index (χ1v) is 13.3. The topological polar surface area (TPSA) is 69.4 Å². The molecule has 194 valence electrons. The van der Waals surface area contributed by atoms with Gasteiger partial charge in [0.15, 0.2) is 11.6 Å². The third-order valence-electron chi connectivity index (χ3n) is 7.05. The van der Waals surface area contributed by atoms with Crippen LogP contribution in [-0.2, 0) is 0 Å². The van der Waals surface area contributed by atoms with Crippen LogP contribution in [0, 0.1) is 0 Å². The van der Waals surface area contributed by atoms with Crippen LogP contribution in [0.4, 0.5) is 0 Å². The molecule has 4 heterocycles. The van der Waals surface area contributed by atoms with E-state index in [1.807, 2.05) is 53.5 Å². The predicted octanol–water partition coefficient (Wildman–Crippen LogP) is 7.79. The van der Waals surface area contributed by atoms with Gasteiger partial charge in [0.2, 0.25) is 0 Å². The van der Waals surface area contributed by atoms with Crippen LogP contribution >= 0.6 is 0 Å². The van der Waals surface area contributed by atoms with E-state index in [2.05, 4.69) is 87.7 Å². The lowest BCUT2D eigenvalue weighted by Gasteiger charge is -2.08. The molecule has 0 saturated heterocycles. The number of rotatable bonds is 6. The Labute approximate surface area is 237 Å². The zero-order valence-corrected chi connectivity index (χ0v) is 22.0. The van der Waals surface area contributed by atoms with Gasteiger partial charge in [-0.25, -0.2) is 9.67 Å². The predicted molar refractivity (Wildman–Crippen MR) is 162 cm³/mol. The van der Waals surface area contributed by atoms with Crippen LogP contribution in [0.25, 0.3) is 61.8 Å². The first kappa shape index (κ1) is 24.3. The van der Waals surface area contributed by atoms with Crippen LogP contribution < -0.4 is 0 Å². The SMILES string of the molecule is c1cc(-c2ccc(-c3nc(-c4ccc(-c5ccncc5)cc4)n(-c4ccc(-c5ccncc5)cc4)n3)cc2)ccn1. The number of hydrogen-bond donors (Lipinski definition) is 0. The normalized spacial score (nSPS) is 10.9. The highest BCUT2D eigenvalue weighted by atomic mass is 15.4. The fourth-order valence-electron chi connectivity index (χ4n) is 4.85. The van der Waals surface area contributed by atoms with Gasteiger partial charge in [0, 0.05) is 48.3 Å². The minimum atomic E-state index is 0.665. The molecule has 6 heteroatoms. The molecule has 4 aromatic heterocycles. The summed E-state index contributed by atoms with van der Waals surface area (Å²) >= 11 is 0. The molecule has 0 fully saturated rings. The molecule has 0 amide bonds. The van der Waals surface area contributed by atoms with E-state index in [0.717, 1.165) is 56.0 Å². The van der Waals surface area contributed by atoms with Gasteiger partial charge in [-0.15, -0.1) is 5.10 Å². The smallest absolute Gasteiger partial charge is 0.182 e. The Morgan fingerprint density at radius 1 is 0.341 bits per heavy atom. The summed E-state index contributed by atoms with van der Waals surface area (Å²) in [4.78, 5) is 17.4. The van der Waals surface area contributed by atoms with Gasteiger partial charge in [0.25, 0.3) is 0 Å². The van der Waals surface area contributed by atoms with Crippen molar-refractivity contribution in [1.82, 2.24) is 29.7 Å². The van der Waals surface area contributed by atoms with Crippen LogP contribution in [0.15, 0.2) is 146 Å². The second-order valence-corrected chi connectivity index (χ2v) is 9.58. The number of benzene rings is 3. The summed E-state index contributed by atoms with van der Waals surface area (Å²) in [7, 11) is 0. The Morgan fingerprint density at radius 2 is 0.683 bits per heavy atom. The van der Waals surface area contributed by atoms with Gasteiger partial charge in [0.05, 0.1) is 5.69 Å². The average Bonchev–Trinajstić information content (AvgIpc) is 3.52. The zero-order chi connectivity index (χ0) is 27.4. The lowest BCUT2D eigenvalue weighted by molar-refractivity contribution is 0.891. The van der Waals surface area contributed by atoms with E-state index >= 15 is 0 Å². The molecular formula is C35H24N6. The summed E-state index contributed by atoms with van der Waals surface area (Å²) in [5.41, 5.74) is 9.58. The molecule has 41 heavy (non-hydrogen) atoms. The third kappa shape index (κ3) is 5.02. The summed E-state index contributed by atoms with van der Waals surface area (Å²) in [6.07, 6.45) is 10.8. The molecule has 0 aliphatic rings. The molecule has 0 N–H and O–H groups in total. The van der Waals surface area contributed by atoms with E-state index < -0.39 is 0 Å². The van der Waals surface area contributed by atoms with Gasteiger partial charge < -0.3 is 0 Å². The summed E-state index contributed by atoms with van der Waals surface area (Å²) < 4.78 is 1.92. The number of hydrogen-bond acceptors (Lipinski definition) is 5. The van der Waals surface area contributed by atoms with Gasteiger partial charge in [-0.3, -0.25) is 15.0 Å². The Hall–Kier alpha value is -5.75. The molecule has 0 aliphatic heterocycles. The Balaban J connectivity index is 1.28. The Morgan fingerprint density at radius 3 is 1.12 bits per heavy atom. The Bertz CT molecular complexity index is 1780. The van der Waals surface area contributed by atoms with E-state index in [4.69, 9.17) is 10.1 Å². The quantitative estimate of drug-likeness (QED) is 0.220. The molecule has 3 aromatic carbocycles. The molecule has 0 bridgehead atoms. The second kappa shape index (κ2) is 10.8. The fraction of sp³-hybridized carbons (Fsp3) is 0. The van der Waals surface area contributed by atoms with Crippen LogP contribution in [0.3, 0.4) is 0 Å². The van der Waals surface area contributed by atoms with E-state index in [9.17, 15) is 0 Å². The molecule has 0 radical (unpaired) electrons. The van der Waals surface area contributed by atoms with Crippen LogP contribution in [-0.4, -0.2) is 29.7 Å². The van der Waals surface area contributed by atoms with E-state index in [0.29, 0.717) is 5.82 Å². The molecule has 0 saturated carbocycles. The van der Waals surface area contributed by atoms with E-state index in [1.54, 1.807) is 24.8 Å². The summed E-state index contributed by atoms with van der Waals surface area (Å²) in [6.45, 7) is 0. The first-order valence-electron chi connectivity index (χ1n) is 13.3. The van der Waals surface area contributed by atoms with Crippen molar-refractivity contribution in [2.45, 2.75) is 0 Å². The molecule has 0 unspecified atom stereocenters. The minimum absolute atomic E-state index is 0.665. The Kier molecular flexibility index (Phi) is 6.39. The van der Waals surface area contributed by atoms with Crippen molar-refractivity contribution < 1.29 is 0 Å². The molecule has 7 aromatic rings.